The Morgan fingerprint density at radius 3 is 2.11 bits per heavy atom. The molecule has 5 nitrogen and oxygen atoms in total. The minimum absolute atomic E-state index is 0.497. The molecule has 1 unspecified atom stereocenters. The second kappa shape index (κ2) is 5.92. The summed E-state index contributed by atoms with van der Waals surface area (Å²) in [5, 5.41) is 4.57. The van der Waals surface area contributed by atoms with E-state index in [4.69, 9.17) is 0 Å². The number of rotatable bonds is 3. The highest BCUT2D eigenvalue weighted by Crippen LogP contribution is 2.14. The monoisotopic (exact) mass is 270 g/mol. The molecular formula is C10H17F3N2O3. The van der Waals surface area contributed by atoms with Crippen molar-refractivity contribution >= 4 is 12.0 Å². The van der Waals surface area contributed by atoms with Gasteiger partial charge in [0.25, 0.3) is 0 Å². The van der Waals surface area contributed by atoms with Crippen molar-refractivity contribution in [1.29, 1.82) is 0 Å². The summed E-state index contributed by atoms with van der Waals surface area (Å²) >= 11 is 0. The molecule has 0 aliphatic carbocycles. The molecule has 106 valence electrons. The molecule has 0 spiro atoms. The molecule has 0 aromatic carbocycles. The van der Waals surface area contributed by atoms with E-state index in [0.29, 0.717) is 0 Å². The van der Waals surface area contributed by atoms with Crippen LogP contribution in [0.25, 0.3) is 0 Å². The summed E-state index contributed by atoms with van der Waals surface area (Å²) in [5.74, 6) is -0.508. The standard InChI is InChI=1S/C10H17F3N2O3/c1-6(7(16)15-9(2,3)4)14-8(17)18-5-10(11,12)13/h6H,5H2,1-4H3,(H,14,17)(H,15,16). The summed E-state index contributed by atoms with van der Waals surface area (Å²) in [6.45, 7) is 4.86. The lowest BCUT2D eigenvalue weighted by Crippen LogP contribution is -2.51. The highest BCUT2D eigenvalue weighted by molar-refractivity contribution is 5.85. The van der Waals surface area contributed by atoms with E-state index in [9.17, 15) is 22.8 Å². The van der Waals surface area contributed by atoms with Crippen molar-refractivity contribution in [3.05, 3.63) is 0 Å². The van der Waals surface area contributed by atoms with Crippen LogP contribution in [0.15, 0.2) is 0 Å². The molecule has 0 rings (SSSR count). The van der Waals surface area contributed by atoms with Gasteiger partial charge in [0.1, 0.15) is 6.04 Å². The number of nitrogens with one attached hydrogen (secondary N) is 2. The van der Waals surface area contributed by atoms with Crippen LogP contribution in [0, 0.1) is 0 Å². The number of alkyl halides is 3. The molecule has 0 bridgehead atoms. The number of amides is 2. The molecule has 0 fully saturated rings. The van der Waals surface area contributed by atoms with Crippen molar-refractivity contribution in [2.24, 2.45) is 0 Å². The molecular weight excluding hydrogens is 253 g/mol. The number of alkyl carbamates (subject to hydrolysis) is 1. The molecule has 2 amide bonds. The van der Waals surface area contributed by atoms with Gasteiger partial charge < -0.3 is 15.4 Å². The second-order valence-corrected chi connectivity index (χ2v) is 4.80. The Hall–Kier alpha value is -1.47. The number of ether oxygens (including phenoxy) is 1. The Bertz CT molecular complexity index is 310. The van der Waals surface area contributed by atoms with Crippen molar-refractivity contribution in [3.8, 4) is 0 Å². The van der Waals surface area contributed by atoms with Gasteiger partial charge in [0, 0.05) is 5.54 Å². The molecule has 0 saturated carbocycles. The molecule has 0 aliphatic heterocycles. The van der Waals surface area contributed by atoms with Gasteiger partial charge in [-0.1, -0.05) is 0 Å². The van der Waals surface area contributed by atoms with E-state index in [2.05, 4.69) is 10.1 Å². The third kappa shape index (κ3) is 8.66. The fourth-order valence-corrected chi connectivity index (χ4v) is 0.909. The topological polar surface area (TPSA) is 67.4 Å². The number of carbonyl (C=O) groups is 2. The second-order valence-electron chi connectivity index (χ2n) is 4.80. The minimum atomic E-state index is -4.59. The summed E-state index contributed by atoms with van der Waals surface area (Å²) < 4.78 is 39.2. The Labute approximate surface area is 103 Å². The first-order valence-electron chi connectivity index (χ1n) is 5.23. The third-order valence-electron chi connectivity index (χ3n) is 1.59. The molecule has 2 N–H and O–H groups in total. The predicted octanol–water partition coefficient (Wildman–Crippen LogP) is 1.58. The van der Waals surface area contributed by atoms with Gasteiger partial charge in [-0.2, -0.15) is 13.2 Å². The zero-order valence-corrected chi connectivity index (χ0v) is 10.6. The lowest BCUT2D eigenvalue weighted by atomic mass is 10.1. The lowest BCUT2D eigenvalue weighted by Gasteiger charge is -2.23. The maximum atomic E-state index is 11.8. The maximum absolute atomic E-state index is 11.8. The van der Waals surface area contributed by atoms with Gasteiger partial charge in [0.15, 0.2) is 6.61 Å². The third-order valence-corrected chi connectivity index (χ3v) is 1.59. The van der Waals surface area contributed by atoms with Gasteiger partial charge >= 0.3 is 12.3 Å². The van der Waals surface area contributed by atoms with Crippen LogP contribution in [0.2, 0.25) is 0 Å². The highest BCUT2D eigenvalue weighted by Gasteiger charge is 2.30. The SMILES string of the molecule is CC(NC(=O)OCC(F)(F)F)C(=O)NC(C)(C)C. The maximum Gasteiger partial charge on any atom is 0.422 e. The summed E-state index contributed by atoms with van der Waals surface area (Å²) in [6, 6.07) is -0.982. The van der Waals surface area contributed by atoms with Crippen LogP contribution in [-0.4, -0.2) is 36.4 Å². The Kier molecular flexibility index (Phi) is 5.44. The summed E-state index contributed by atoms with van der Waals surface area (Å²) in [5.41, 5.74) is -0.497. The minimum Gasteiger partial charge on any atom is -0.440 e. The van der Waals surface area contributed by atoms with Gasteiger partial charge in [-0.15, -0.1) is 0 Å². The Morgan fingerprint density at radius 1 is 1.22 bits per heavy atom. The highest BCUT2D eigenvalue weighted by atomic mass is 19.4. The van der Waals surface area contributed by atoms with E-state index in [1.54, 1.807) is 20.8 Å². The zero-order valence-electron chi connectivity index (χ0n) is 10.6. The van der Waals surface area contributed by atoms with Crippen molar-refractivity contribution in [1.82, 2.24) is 10.6 Å². The largest absolute Gasteiger partial charge is 0.440 e. The fraction of sp³-hybridized carbons (Fsp3) is 0.800. The smallest absolute Gasteiger partial charge is 0.422 e. The number of hydrogen-bond donors (Lipinski definition) is 2. The summed E-state index contributed by atoms with van der Waals surface area (Å²) in [4.78, 5) is 22.4. The predicted molar refractivity (Wildman–Crippen MR) is 57.9 cm³/mol. The van der Waals surface area contributed by atoms with E-state index in [-0.39, 0.29) is 0 Å². The quantitative estimate of drug-likeness (QED) is 0.818. The van der Waals surface area contributed by atoms with E-state index in [1.165, 1.54) is 6.92 Å². The number of halogens is 3. The molecule has 0 saturated heterocycles. The van der Waals surface area contributed by atoms with Gasteiger partial charge in [0.2, 0.25) is 5.91 Å². The van der Waals surface area contributed by atoms with Crippen molar-refractivity contribution in [2.75, 3.05) is 6.61 Å². The molecule has 0 radical (unpaired) electrons. The first kappa shape index (κ1) is 16.5. The van der Waals surface area contributed by atoms with Crippen LogP contribution in [0.1, 0.15) is 27.7 Å². The average molecular weight is 270 g/mol. The summed E-state index contributed by atoms with van der Waals surface area (Å²) in [6.07, 6.45) is -5.88. The molecule has 0 aliphatic rings. The fourth-order valence-electron chi connectivity index (χ4n) is 0.909. The van der Waals surface area contributed by atoms with Gasteiger partial charge in [-0.25, -0.2) is 4.79 Å². The molecule has 0 aromatic rings. The van der Waals surface area contributed by atoms with Crippen molar-refractivity contribution in [2.45, 2.75) is 45.5 Å². The van der Waals surface area contributed by atoms with Gasteiger partial charge in [-0.05, 0) is 27.7 Å². The molecule has 18 heavy (non-hydrogen) atoms. The van der Waals surface area contributed by atoms with E-state index >= 15 is 0 Å². The average Bonchev–Trinajstić information content (AvgIpc) is 2.10. The molecule has 1 atom stereocenters. The van der Waals surface area contributed by atoms with Crippen LogP contribution >= 0.6 is 0 Å². The number of carbonyl (C=O) groups excluding carboxylic acids is 2. The summed E-state index contributed by atoms with van der Waals surface area (Å²) in [7, 11) is 0. The number of hydrogen-bond acceptors (Lipinski definition) is 3. The Balaban J connectivity index is 4.12. The van der Waals surface area contributed by atoms with E-state index < -0.39 is 36.4 Å². The van der Waals surface area contributed by atoms with Crippen LogP contribution in [0.4, 0.5) is 18.0 Å². The van der Waals surface area contributed by atoms with Crippen LogP contribution < -0.4 is 10.6 Å². The normalized spacial score (nSPS) is 13.7. The first-order chi connectivity index (χ1) is 7.91. The molecule has 0 aromatic heterocycles. The van der Waals surface area contributed by atoms with E-state index in [0.717, 1.165) is 0 Å². The first-order valence-corrected chi connectivity index (χ1v) is 5.23. The van der Waals surface area contributed by atoms with Crippen LogP contribution in [0.3, 0.4) is 0 Å². The zero-order chi connectivity index (χ0) is 14.6. The Morgan fingerprint density at radius 2 is 1.72 bits per heavy atom. The van der Waals surface area contributed by atoms with E-state index in [1.807, 2.05) is 5.32 Å². The molecule has 8 heteroatoms. The van der Waals surface area contributed by atoms with Gasteiger partial charge in [-0.3, -0.25) is 4.79 Å². The molecule has 0 heterocycles. The van der Waals surface area contributed by atoms with Crippen LogP contribution in [-0.2, 0) is 9.53 Å². The lowest BCUT2D eigenvalue weighted by molar-refractivity contribution is -0.160. The van der Waals surface area contributed by atoms with Crippen LogP contribution in [0.5, 0.6) is 0 Å². The van der Waals surface area contributed by atoms with Crippen molar-refractivity contribution < 1.29 is 27.5 Å². The van der Waals surface area contributed by atoms with Crippen molar-refractivity contribution in [3.63, 3.8) is 0 Å². The van der Waals surface area contributed by atoms with Gasteiger partial charge in [0.05, 0.1) is 0 Å².